The molecule has 1 aliphatic rings. The fourth-order valence-corrected chi connectivity index (χ4v) is 1.49. The molecule has 0 radical (unpaired) electrons. The molecule has 0 aromatic carbocycles. The number of nitrogens with two attached hydrogens (primary N) is 1. The van der Waals surface area contributed by atoms with Gasteiger partial charge in [0.2, 0.25) is 0 Å². The molecular formula is C10H20N2O. The van der Waals surface area contributed by atoms with Gasteiger partial charge in [0.1, 0.15) is 0 Å². The molecule has 1 aliphatic carbocycles. The molecule has 1 saturated carbocycles. The highest BCUT2D eigenvalue weighted by molar-refractivity contribution is 4.89. The third kappa shape index (κ3) is 3.46. The third-order valence-corrected chi connectivity index (χ3v) is 2.46. The summed E-state index contributed by atoms with van der Waals surface area (Å²) in [7, 11) is 1.72. The average molecular weight is 184 g/mol. The lowest BCUT2D eigenvalue weighted by molar-refractivity contribution is 0.0712. The third-order valence-electron chi connectivity index (χ3n) is 2.46. The first-order valence-electron chi connectivity index (χ1n) is 4.89. The second-order valence-corrected chi connectivity index (χ2v) is 3.57. The summed E-state index contributed by atoms with van der Waals surface area (Å²) in [5.74, 6) is 0. The van der Waals surface area contributed by atoms with Gasteiger partial charge in [-0.05, 0) is 12.8 Å². The van der Waals surface area contributed by atoms with Crippen molar-refractivity contribution in [3.8, 4) is 0 Å². The van der Waals surface area contributed by atoms with Crippen molar-refractivity contribution < 1.29 is 4.74 Å². The molecular weight excluding hydrogens is 164 g/mol. The van der Waals surface area contributed by atoms with Gasteiger partial charge in [-0.2, -0.15) is 0 Å². The molecule has 2 N–H and O–H groups in total. The zero-order chi connectivity index (χ0) is 9.68. The largest absolute Gasteiger partial charge is 0.379 e. The average Bonchev–Trinajstić information content (AvgIpc) is 2.95. The summed E-state index contributed by atoms with van der Waals surface area (Å²) in [5.41, 5.74) is 5.57. The van der Waals surface area contributed by atoms with Gasteiger partial charge in [0, 0.05) is 32.8 Å². The summed E-state index contributed by atoms with van der Waals surface area (Å²) in [6.07, 6.45) is 4.74. The maximum absolute atomic E-state index is 5.57. The Morgan fingerprint density at radius 2 is 2.38 bits per heavy atom. The monoisotopic (exact) mass is 184 g/mol. The Labute approximate surface area is 80.5 Å². The van der Waals surface area contributed by atoms with Crippen LogP contribution in [0.25, 0.3) is 0 Å². The summed E-state index contributed by atoms with van der Waals surface area (Å²) in [6.45, 7) is 6.23. The van der Waals surface area contributed by atoms with Crippen molar-refractivity contribution in [3.05, 3.63) is 12.7 Å². The molecule has 3 nitrogen and oxygen atoms in total. The Hall–Kier alpha value is -0.380. The fourth-order valence-electron chi connectivity index (χ4n) is 1.49. The minimum atomic E-state index is 0.167. The van der Waals surface area contributed by atoms with Crippen LogP contribution in [0.3, 0.4) is 0 Å². The first kappa shape index (κ1) is 10.7. The minimum absolute atomic E-state index is 0.167. The van der Waals surface area contributed by atoms with Crippen LogP contribution in [0.15, 0.2) is 12.7 Å². The second kappa shape index (κ2) is 5.37. The number of ether oxygens (including phenoxy) is 1. The van der Waals surface area contributed by atoms with Crippen LogP contribution in [0.5, 0.6) is 0 Å². The molecule has 0 bridgehead atoms. The van der Waals surface area contributed by atoms with Crippen molar-refractivity contribution in [2.45, 2.75) is 25.0 Å². The van der Waals surface area contributed by atoms with E-state index in [2.05, 4.69) is 11.5 Å². The Bertz CT molecular complexity index is 153. The summed E-state index contributed by atoms with van der Waals surface area (Å²) in [6, 6.07) is 0.752. The van der Waals surface area contributed by atoms with Gasteiger partial charge in [-0.25, -0.2) is 0 Å². The van der Waals surface area contributed by atoms with E-state index in [1.807, 2.05) is 6.08 Å². The van der Waals surface area contributed by atoms with Gasteiger partial charge in [-0.3, -0.25) is 4.90 Å². The van der Waals surface area contributed by atoms with Crippen LogP contribution >= 0.6 is 0 Å². The summed E-state index contributed by atoms with van der Waals surface area (Å²) in [4.78, 5) is 2.40. The van der Waals surface area contributed by atoms with Crippen LogP contribution in [-0.2, 0) is 4.74 Å². The molecule has 1 atom stereocenters. The van der Waals surface area contributed by atoms with Crippen LogP contribution in [0.1, 0.15) is 12.8 Å². The summed E-state index contributed by atoms with van der Waals surface area (Å²) >= 11 is 0. The molecule has 0 spiro atoms. The van der Waals surface area contributed by atoms with E-state index in [0.29, 0.717) is 6.54 Å². The molecule has 0 heterocycles. The van der Waals surface area contributed by atoms with Crippen molar-refractivity contribution in [1.29, 1.82) is 0 Å². The van der Waals surface area contributed by atoms with E-state index in [1.54, 1.807) is 7.11 Å². The van der Waals surface area contributed by atoms with Gasteiger partial charge in [-0.1, -0.05) is 6.08 Å². The summed E-state index contributed by atoms with van der Waals surface area (Å²) < 4.78 is 5.25. The van der Waals surface area contributed by atoms with Crippen molar-refractivity contribution in [2.75, 3.05) is 26.7 Å². The maximum atomic E-state index is 5.57. The first-order valence-corrected chi connectivity index (χ1v) is 4.89. The van der Waals surface area contributed by atoms with E-state index >= 15 is 0 Å². The number of methoxy groups -OCH3 is 1. The van der Waals surface area contributed by atoms with E-state index in [1.165, 1.54) is 12.8 Å². The van der Waals surface area contributed by atoms with E-state index in [0.717, 1.165) is 19.1 Å². The van der Waals surface area contributed by atoms with Crippen LogP contribution in [0.2, 0.25) is 0 Å². The lowest BCUT2D eigenvalue weighted by atomic mass is 10.3. The lowest BCUT2D eigenvalue weighted by Gasteiger charge is -2.24. The molecule has 0 aromatic rings. The predicted octanol–water partition coefficient (Wildman–Crippen LogP) is 0.611. The fraction of sp³-hybridized carbons (Fsp3) is 0.800. The SMILES string of the molecule is C=CCN(CC(CN)OC)C1CC1. The van der Waals surface area contributed by atoms with Crippen LogP contribution in [-0.4, -0.2) is 43.8 Å². The van der Waals surface area contributed by atoms with Gasteiger partial charge in [0.25, 0.3) is 0 Å². The van der Waals surface area contributed by atoms with Crippen molar-refractivity contribution in [3.63, 3.8) is 0 Å². The highest BCUT2D eigenvalue weighted by Gasteiger charge is 2.29. The van der Waals surface area contributed by atoms with Crippen molar-refractivity contribution in [2.24, 2.45) is 5.73 Å². The molecule has 0 amide bonds. The van der Waals surface area contributed by atoms with E-state index < -0.39 is 0 Å². The zero-order valence-electron chi connectivity index (χ0n) is 8.41. The predicted molar refractivity (Wildman–Crippen MR) is 54.6 cm³/mol. The lowest BCUT2D eigenvalue weighted by Crippen LogP contribution is -2.39. The Morgan fingerprint density at radius 1 is 1.69 bits per heavy atom. The number of nitrogens with zero attached hydrogens (tertiary/aromatic N) is 1. The molecule has 0 aliphatic heterocycles. The van der Waals surface area contributed by atoms with Crippen LogP contribution < -0.4 is 5.73 Å². The molecule has 13 heavy (non-hydrogen) atoms. The highest BCUT2D eigenvalue weighted by atomic mass is 16.5. The van der Waals surface area contributed by atoms with Gasteiger partial charge >= 0.3 is 0 Å². The van der Waals surface area contributed by atoms with Gasteiger partial charge in [0.05, 0.1) is 6.10 Å². The highest BCUT2D eigenvalue weighted by Crippen LogP contribution is 2.26. The number of hydrogen-bond acceptors (Lipinski definition) is 3. The summed E-state index contributed by atoms with van der Waals surface area (Å²) in [5, 5.41) is 0. The topological polar surface area (TPSA) is 38.5 Å². The quantitative estimate of drug-likeness (QED) is 0.589. The van der Waals surface area contributed by atoms with Crippen molar-refractivity contribution >= 4 is 0 Å². The van der Waals surface area contributed by atoms with E-state index in [4.69, 9.17) is 10.5 Å². The smallest absolute Gasteiger partial charge is 0.0820 e. The standard InChI is InChI=1S/C10H20N2O/c1-3-6-12(9-4-5-9)8-10(7-11)13-2/h3,9-10H,1,4-8,11H2,2H3. The maximum Gasteiger partial charge on any atom is 0.0820 e. The van der Waals surface area contributed by atoms with E-state index in [9.17, 15) is 0 Å². The molecule has 76 valence electrons. The minimum Gasteiger partial charge on any atom is -0.379 e. The first-order chi connectivity index (χ1) is 6.31. The van der Waals surface area contributed by atoms with Gasteiger partial charge < -0.3 is 10.5 Å². The van der Waals surface area contributed by atoms with Crippen LogP contribution in [0, 0.1) is 0 Å². The normalized spacial score (nSPS) is 19.0. The van der Waals surface area contributed by atoms with Gasteiger partial charge in [-0.15, -0.1) is 6.58 Å². The number of hydrogen-bond donors (Lipinski definition) is 1. The second-order valence-electron chi connectivity index (χ2n) is 3.57. The van der Waals surface area contributed by atoms with E-state index in [-0.39, 0.29) is 6.10 Å². The number of rotatable bonds is 7. The van der Waals surface area contributed by atoms with Crippen molar-refractivity contribution in [1.82, 2.24) is 4.90 Å². The molecule has 0 aromatic heterocycles. The zero-order valence-corrected chi connectivity index (χ0v) is 8.41. The molecule has 3 heteroatoms. The Kier molecular flexibility index (Phi) is 4.42. The Balaban J connectivity index is 2.31. The molecule has 0 saturated heterocycles. The molecule has 1 fully saturated rings. The van der Waals surface area contributed by atoms with Crippen LogP contribution in [0.4, 0.5) is 0 Å². The van der Waals surface area contributed by atoms with Gasteiger partial charge in [0.15, 0.2) is 0 Å². The molecule has 1 rings (SSSR count). The molecule has 1 unspecified atom stereocenters. The Morgan fingerprint density at radius 3 is 2.77 bits per heavy atom.